The zero-order chi connectivity index (χ0) is 24.8. The van der Waals surface area contributed by atoms with Crippen LogP contribution in [0.2, 0.25) is 5.02 Å². The average Bonchev–Trinajstić information content (AvgIpc) is 3.08. The van der Waals surface area contributed by atoms with E-state index in [2.05, 4.69) is 10.1 Å². The first kappa shape index (κ1) is 24.3. The van der Waals surface area contributed by atoms with E-state index >= 15 is 0 Å². The molecule has 0 bridgehead atoms. The Morgan fingerprint density at radius 1 is 1.03 bits per heavy atom. The van der Waals surface area contributed by atoms with E-state index in [0.29, 0.717) is 23.2 Å². The number of aromatic nitrogens is 3. The highest BCUT2D eigenvalue weighted by atomic mass is 35.5. The number of hydrogen-bond donors (Lipinski definition) is 0. The fourth-order valence-corrected chi connectivity index (χ4v) is 4.06. The van der Waals surface area contributed by atoms with Gasteiger partial charge in [-0.2, -0.15) is 31.4 Å². The van der Waals surface area contributed by atoms with Crippen LogP contribution in [0.4, 0.5) is 26.3 Å². The van der Waals surface area contributed by atoms with Gasteiger partial charge in [-0.25, -0.2) is 9.50 Å². The van der Waals surface area contributed by atoms with Crippen molar-refractivity contribution in [3.63, 3.8) is 0 Å². The van der Waals surface area contributed by atoms with Crippen LogP contribution < -0.4 is 0 Å². The topological polar surface area (TPSA) is 53.7 Å². The molecule has 0 N–H and O–H groups in total. The van der Waals surface area contributed by atoms with Gasteiger partial charge in [-0.1, -0.05) is 29.8 Å². The number of carbonyl (C=O) groups excluding carboxylic acids is 1. The van der Waals surface area contributed by atoms with Gasteiger partial charge >= 0.3 is 12.4 Å². The molecule has 4 rings (SSSR count). The van der Waals surface area contributed by atoms with Crippen LogP contribution in [0.25, 0.3) is 5.65 Å². The smallest absolute Gasteiger partial charge is 0.335 e. The van der Waals surface area contributed by atoms with Crippen molar-refractivity contribution in [3.8, 4) is 0 Å². The number of hydrogen-bond acceptors (Lipinski definition) is 4. The summed E-state index contributed by atoms with van der Waals surface area (Å²) >= 11 is 6.19. The lowest BCUT2D eigenvalue weighted by Crippen LogP contribution is -2.48. The minimum atomic E-state index is -4.73. The maximum Gasteiger partial charge on any atom is 0.433 e. The molecule has 1 aliphatic heterocycles. The molecule has 6 nitrogen and oxygen atoms in total. The van der Waals surface area contributed by atoms with Crippen LogP contribution in [0.15, 0.2) is 30.3 Å². The summed E-state index contributed by atoms with van der Waals surface area (Å²) in [5, 5.41) is 3.53. The summed E-state index contributed by atoms with van der Waals surface area (Å²) < 4.78 is 79.5. The lowest BCUT2D eigenvalue weighted by molar-refractivity contribution is -0.142. The standard InChI is InChI=1S/C21H18ClF6N5O/c1-12-9-15(21(26,27)28)33-18(29-12)16(22)17(30-33)19(34)32-7-5-31(6-8-32)11-13-3-2-4-14(10-13)20(23,24)25/h2-4,9-10H,5-8,11H2,1H3. The van der Waals surface area contributed by atoms with Crippen LogP contribution in [0.5, 0.6) is 0 Å². The Balaban J connectivity index is 1.48. The Kier molecular flexibility index (Phi) is 6.23. The van der Waals surface area contributed by atoms with Crippen LogP contribution in [-0.4, -0.2) is 56.5 Å². The number of amides is 1. The van der Waals surface area contributed by atoms with E-state index in [9.17, 15) is 31.1 Å². The molecule has 0 radical (unpaired) electrons. The second-order valence-electron chi connectivity index (χ2n) is 7.95. The number of benzene rings is 1. The molecule has 1 saturated heterocycles. The summed E-state index contributed by atoms with van der Waals surface area (Å²) in [6.45, 7) is 2.78. The van der Waals surface area contributed by atoms with Gasteiger partial charge in [-0.3, -0.25) is 9.69 Å². The van der Waals surface area contributed by atoms with E-state index in [-0.39, 0.29) is 41.7 Å². The van der Waals surface area contributed by atoms with Crippen LogP contribution in [0.1, 0.15) is 33.0 Å². The number of fused-ring (bicyclic) bond motifs is 1. The molecule has 0 aliphatic carbocycles. The maximum atomic E-state index is 13.4. The van der Waals surface area contributed by atoms with Gasteiger partial charge in [0, 0.05) is 38.4 Å². The summed E-state index contributed by atoms with van der Waals surface area (Å²) in [6.07, 6.45) is -9.16. The van der Waals surface area contributed by atoms with E-state index < -0.39 is 29.5 Å². The average molecular weight is 506 g/mol. The Hall–Kier alpha value is -2.86. The molecule has 13 heteroatoms. The summed E-state index contributed by atoms with van der Waals surface area (Å²) in [4.78, 5) is 20.2. The van der Waals surface area contributed by atoms with Crippen molar-refractivity contribution in [3.05, 3.63) is 63.6 Å². The SMILES string of the molecule is Cc1cc(C(F)(F)F)n2nc(C(=O)N3CCN(Cc4cccc(C(F)(F)F)c4)CC3)c(Cl)c2n1. The van der Waals surface area contributed by atoms with E-state index in [4.69, 9.17) is 11.6 Å². The molecule has 0 atom stereocenters. The van der Waals surface area contributed by atoms with Crippen molar-refractivity contribution >= 4 is 23.2 Å². The largest absolute Gasteiger partial charge is 0.433 e. The van der Waals surface area contributed by atoms with Crippen molar-refractivity contribution in [2.24, 2.45) is 0 Å². The monoisotopic (exact) mass is 505 g/mol. The minimum Gasteiger partial charge on any atom is -0.335 e. The van der Waals surface area contributed by atoms with E-state index in [0.717, 1.165) is 18.2 Å². The zero-order valence-corrected chi connectivity index (χ0v) is 18.5. The molecule has 2 aromatic heterocycles. The van der Waals surface area contributed by atoms with Crippen molar-refractivity contribution in [1.29, 1.82) is 0 Å². The first-order chi connectivity index (χ1) is 15.8. The highest BCUT2D eigenvalue weighted by Crippen LogP contribution is 2.33. The molecule has 0 spiro atoms. The summed E-state index contributed by atoms with van der Waals surface area (Å²) in [6, 6.07) is 5.84. The fraction of sp³-hybridized carbons (Fsp3) is 0.381. The third-order valence-corrected chi connectivity index (χ3v) is 5.82. The zero-order valence-electron chi connectivity index (χ0n) is 17.7. The van der Waals surface area contributed by atoms with E-state index in [1.54, 1.807) is 6.07 Å². The molecular formula is C21H18ClF6N5O. The van der Waals surface area contributed by atoms with Gasteiger partial charge in [0.1, 0.15) is 10.7 Å². The molecule has 1 amide bonds. The van der Waals surface area contributed by atoms with Crippen LogP contribution in [-0.2, 0) is 18.9 Å². The summed E-state index contributed by atoms with van der Waals surface area (Å²) in [5.74, 6) is -0.639. The maximum absolute atomic E-state index is 13.4. The number of halogens is 7. The first-order valence-electron chi connectivity index (χ1n) is 10.2. The first-order valence-corrected chi connectivity index (χ1v) is 10.5. The Bertz CT molecular complexity index is 1230. The molecule has 0 saturated carbocycles. The molecule has 1 aromatic carbocycles. The summed E-state index contributed by atoms with van der Waals surface area (Å²) in [5.41, 5.74) is -1.87. The van der Waals surface area contributed by atoms with Gasteiger partial charge in [-0.05, 0) is 24.6 Å². The van der Waals surface area contributed by atoms with Gasteiger partial charge in [0.25, 0.3) is 5.91 Å². The summed E-state index contributed by atoms with van der Waals surface area (Å²) in [7, 11) is 0. The highest BCUT2D eigenvalue weighted by molar-refractivity contribution is 6.36. The van der Waals surface area contributed by atoms with Gasteiger partial charge in [0.15, 0.2) is 11.3 Å². The quantitative estimate of drug-likeness (QED) is 0.485. The predicted octanol–water partition coefficient (Wildman–Crippen LogP) is 4.69. The molecule has 3 aromatic rings. The second-order valence-corrected chi connectivity index (χ2v) is 8.32. The Morgan fingerprint density at radius 3 is 2.32 bits per heavy atom. The number of rotatable bonds is 3. The number of alkyl halides is 6. The van der Waals surface area contributed by atoms with Gasteiger partial charge in [-0.15, -0.1) is 0 Å². The lowest BCUT2D eigenvalue weighted by atomic mass is 10.1. The molecule has 34 heavy (non-hydrogen) atoms. The Labute approximate surface area is 194 Å². The number of carbonyl (C=O) groups is 1. The van der Waals surface area contributed by atoms with Crippen LogP contribution in [0.3, 0.4) is 0 Å². The molecule has 1 aliphatic rings. The van der Waals surface area contributed by atoms with Crippen molar-refractivity contribution in [2.75, 3.05) is 26.2 Å². The molecular weight excluding hydrogens is 488 g/mol. The number of nitrogens with zero attached hydrogens (tertiary/aromatic N) is 5. The van der Waals surface area contributed by atoms with Gasteiger partial charge in [0.2, 0.25) is 0 Å². The minimum absolute atomic E-state index is 0.0730. The van der Waals surface area contributed by atoms with Gasteiger partial charge < -0.3 is 4.90 Å². The van der Waals surface area contributed by atoms with Crippen molar-refractivity contribution in [2.45, 2.75) is 25.8 Å². The second kappa shape index (κ2) is 8.73. The predicted molar refractivity (Wildman–Crippen MR) is 110 cm³/mol. The molecule has 3 heterocycles. The third-order valence-electron chi connectivity index (χ3n) is 5.47. The van der Waals surface area contributed by atoms with Crippen LogP contribution >= 0.6 is 11.6 Å². The van der Waals surface area contributed by atoms with Crippen molar-refractivity contribution < 1.29 is 31.1 Å². The fourth-order valence-electron chi connectivity index (χ4n) is 3.81. The lowest BCUT2D eigenvalue weighted by Gasteiger charge is -2.34. The highest BCUT2D eigenvalue weighted by Gasteiger charge is 2.37. The van der Waals surface area contributed by atoms with Crippen LogP contribution in [0, 0.1) is 6.92 Å². The third kappa shape index (κ3) is 4.83. The number of piperazine rings is 1. The normalized spacial score (nSPS) is 15.8. The molecule has 182 valence electrons. The number of aryl methyl sites for hydroxylation is 1. The molecule has 0 unspecified atom stereocenters. The van der Waals surface area contributed by atoms with E-state index in [1.165, 1.54) is 17.9 Å². The van der Waals surface area contributed by atoms with Crippen molar-refractivity contribution in [1.82, 2.24) is 24.4 Å². The van der Waals surface area contributed by atoms with Gasteiger partial charge in [0.05, 0.1) is 5.56 Å². The van der Waals surface area contributed by atoms with E-state index in [1.807, 2.05) is 4.90 Å². The molecule has 1 fully saturated rings. The Morgan fingerprint density at radius 2 is 1.71 bits per heavy atom.